The first-order valence-electron chi connectivity index (χ1n) is 7.99. The van der Waals surface area contributed by atoms with Gasteiger partial charge in [0.25, 0.3) is 5.91 Å². The van der Waals surface area contributed by atoms with Gasteiger partial charge in [0, 0.05) is 9.64 Å². The third-order valence-electron chi connectivity index (χ3n) is 3.10. The van der Waals surface area contributed by atoms with E-state index in [-0.39, 0.29) is 5.69 Å². The predicted molar refractivity (Wildman–Crippen MR) is 95.9 cm³/mol. The van der Waals surface area contributed by atoms with Crippen LogP contribution in [0.5, 0.6) is 5.75 Å². The standard InChI is InChI=1S/C16H14F3IN2O4/c17-9-3-7(20)1-2-11(9)22-15-13(16(21)25)12(4-10(18)14(15)19)26-6-8(24)5-23/h1-4,8,22-24H,5-6H2,(H2,21,25)/i6D2. The van der Waals surface area contributed by atoms with Gasteiger partial charge in [0.15, 0.2) is 11.6 Å². The average Bonchev–Trinajstić information content (AvgIpc) is 2.59. The van der Waals surface area contributed by atoms with Gasteiger partial charge in [-0.15, -0.1) is 0 Å². The molecule has 26 heavy (non-hydrogen) atoms. The normalized spacial score (nSPS) is 13.6. The second-order valence-electron chi connectivity index (χ2n) is 4.95. The van der Waals surface area contributed by atoms with Crippen LogP contribution in [0.3, 0.4) is 0 Å². The lowest BCUT2D eigenvalue weighted by Crippen LogP contribution is -2.23. The maximum absolute atomic E-state index is 14.3. The number of amides is 1. The monoisotopic (exact) mass is 484 g/mol. The van der Waals surface area contributed by atoms with Gasteiger partial charge < -0.3 is 26.0 Å². The van der Waals surface area contributed by atoms with Gasteiger partial charge in [0.1, 0.15) is 29.8 Å². The summed E-state index contributed by atoms with van der Waals surface area (Å²) in [5, 5.41) is 20.6. The van der Waals surface area contributed by atoms with Crippen LogP contribution < -0.4 is 15.8 Å². The fourth-order valence-corrected chi connectivity index (χ4v) is 2.39. The molecule has 2 aromatic carbocycles. The third kappa shape index (κ3) is 4.56. The van der Waals surface area contributed by atoms with E-state index < -0.39 is 59.6 Å². The molecule has 5 N–H and O–H groups in total. The summed E-state index contributed by atoms with van der Waals surface area (Å²) in [6.07, 6.45) is -2.06. The van der Waals surface area contributed by atoms with Gasteiger partial charge in [0.2, 0.25) is 0 Å². The Morgan fingerprint density at radius 1 is 1.35 bits per heavy atom. The number of nitrogens with one attached hydrogen (secondary N) is 1. The summed E-state index contributed by atoms with van der Waals surface area (Å²) in [4.78, 5) is 11.8. The van der Waals surface area contributed by atoms with Gasteiger partial charge in [-0.3, -0.25) is 4.79 Å². The number of aliphatic hydroxyl groups excluding tert-OH is 2. The van der Waals surface area contributed by atoms with E-state index in [0.29, 0.717) is 9.64 Å². The molecule has 0 aliphatic heterocycles. The largest absolute Gasteiger partial charge is 0.490 e. The van der Waals surface area contributed by atoms with Crippen LogP contribution in [-0.4, -0.2) is 35.4 Å². The van der Waals surface area contributed by atoms with Gasteiger partial charge in [0.05, 0.1) is 20.7 Å². The molecule has 0 saturated heterocycles. The first kappa shape index (κ1) is 17.4. The molecule has 2 aromatic rings. The second kappa shape index (κ2) is 8.56. The van der Waals surface area contributed by atoms with Crippen LogP contribution in [0.15, 0.2) is 24.3 Å². The highest BCUT2D eigenvalue weighted by molar-refractivity contribution is 14.1. The fraction of sp³-hybridized carbons (Fsp3) is 0.188. The molecule has 1 unspecified atom stereocenters. The Bertz CT molecular complexity index is 918. The third-order valence-corrected chi connectivity index (χ3v) is 3.77. The topological polar surface area (TPSA) is 105 Å². The average molecular weight is 484 g/mol. The molecule has 0 radical (unpaired) electrons. The molecular formula is C16H14F3IN2O4. The number of rotatable bonds is 7. The number of halogens is 4. The summed E-state index contributed by atoms with van der Waals surface area (Å²) in [6.45, 7) is -4.03. The number of ether oxygens (including phenoxy) is 1. The van der Waals surface area contributed by atoms with Gasteiger partial charge in [-0.05, 0) is 40.8 Å². The van der Waals surface area contributed by atoms with Crippen molar-refractivity contribution in [1.82, 2.24) is 0 Å². The lowest BCUT2D eigenvalue weighted by Gasteiger charge is -2.17. The molecule has 0 spiro atoms. The van der Waals surface area contributed by atoms with Gasteiger partial charge >= 0.3 is 0 Å². The number of anilines is 2. The summed E-state index contributed by atoms with van der Waals surface area (Å²) in [5.41, 5.74) is 3.20. The Kier molecular flexibility index (Phi) is 5.72. The van der Waals surface area contributed by atoms with Crippen LogP contribution in [0.25, 0.3) is 0 Å². The van der Waals surface area contributed by atoms with Crippen LogP contribution in [0, 0.1) is 21.0 Å². The Morgan fingerprint density at radius 3 is 2.62 bits per heavy atom. The second-order valence-corrected chi connectivity index (χ2v) is 6.20. The van der Waals surface area contributed by atoms with E-state index >= 15 is 0 Å². The molecule has 6 nitrogen and oxygen atoms in total. The van der Waals surface area contributed by atoms with Crippen molar-refractivity contribution in [3.05, 3.63) is 50.9 Å². The molecular weight excluding hydrogens is 468 g/mol. The zero-order chi connectivity index (χ0) is 21.2. The van der Waals surface area contributed by atoms with E-state index in [2.05, 4.69) is 5.32 Å². The Hall–Kier alpha value is -2.05. The molecule has 0 heterocycles. The van der Waals surface area contributed by atoms with Crippen molar-refractivity contribution in [1.29, 1.82) is 0 Å². The number of nitrogens with two attached hydrogens (primary N) is 1. The molecule has 1 atom stereocenters. The predicted octanol–water partition coefficient (Wildman–Crippen LogP) is 2.28. The lowest BCUT2D eigenvalue weighted by atomic mass is 10.1. The van der Waals surface area contributed by atoms with Crippen LogP contribution in [0.1, 0.15) is 13.1 Å². The number of benzene rings is 2. The zero-order valence-corrected chi connectivity index (χ0v) is 15.1. The molecule has 0 aliphatic carbocycles. The summed E-state index contributed by atoms with van der Waals surface area (Å²) in [5.74, 6) is -6.15. The van der Waals surface area contributed by atoms with Crippen molar-refractivity contribution in [2.75, 3.05) is 18.5 Å². The van der Waals surface area contributed by atoms with Crippen LogP contribution in [0.2, 0.25) is 0 Å². The Labute approximate surface area is 162 Å². The van der Waals surface area contributed by atoms with Gasteiger partial charge in [-0.2, -0.15) is 0 Å². The molecule has 10 heteroatoms. The van der Waals surface area contributed by atoms with Crippen molar-refractivity contribution in [3.8, 4) is 5.75 Å². The molecule has 0 fully saturated rings. The molecule has 0 aliphatic rings. The van der Waals surface area contributed by atoms with Crippen molar-refractivity contribution in [2.45, 2.75) is 6.10 Å². The van der Waals surface area contributed by atoms with Crippen molar-refractivity contribution in [2.24, 2.45) is 5.73 Å². The maximum Gasteiger partial charge on any atom is 0.254 e. The minimum Gasteiger partial charge on any atom is -0.490 e. The van der Waals surface area contributed by atoms with E-state index in [1.807, 2.05) is 22.6 Å². The highest BCUT2D eigenvalue weighted by Crippen LogP contribution is 2.34. The zero-order valence-electron chi connectivity index (χ0n) is 14.9. The first-order valence-corrected chi connectivity index (χ1v) is 8.07. The molecule has 1 amide bonds. The van der Waals surface area contributed by atoms with E-state index in [4.69, 9.17) is 18.3 Å². The lowest BCUT2D eigenvalue weighted by molar-refractivity contribution is 0.0530. The van der Waals surface area contributed by atoms with Crippen molar-refractivity contribution in [3.63, 3.8) is 0 Å². The first-order chi connectivity index (χ1) is 13.0. The van der Waals surface area contributed by atoms with Crippen molar-refractivity contribution >= 4 is 39.9 Å². The number of carbonyl (C=O) groups is 1. The van der Waals surface area contributed by atoms with Gasteiger partial charge in [-0.1, -0.05) is 0 Å². The molecule has 0 aromatic heterocycles. The number of primary amides is 1. The van der Waals surface area contributed by atoms with E-state index in [0.717, 1.165) is 6.07 Å². The minimum atomic E-state index is -2.98. The maximum atomic E-state index is 14.3. The van der Waals surface area contributed by atoms with Crippen LogP contribution >= 0.6 is 22.6 Å². The summed E-state index contributed by atoms with van der Waals surface area (Å²) in [7, 11) is 0. The van der Waals surface area contributed by atoms with Crippen molar-refractivity contribution < 1.29 is 35.7 Å². The molecule has 0 saturated carbocycles. The van der Waals surface area contributed by atoms with Gasteiger partial charge in [-0.25, -0.2) is 13.2 Å². The number of aliphatic hydroxyl groups is 2. The summed E-state index contributed by atoms with van der Waals surface area (Å²) < 4.78 is 62.9. The minimum absolute atomic E-state index is 0.309. The molecule has 140 valence electrons. The number of hydrogen-bond donors (Lipinski definition) is 4. The highest BCUT2D eigenvalue weighted by Gasteiger charge is 2.24. The SMILES string of the molecule is [2H]C([2H])(Oc1cc(F)c(F)c(Nc2ccc(I)cc2F)c1C(N)=O)C(O)CO. The smallest absolute Gasteiger partial charge is 0.254 e. The number of hydrogen-bond acceptors (Lipinski definition) is 5. The fourth-order valence-electron chi connectivity index (χ4n) is 1.94. The van der Waals surface area contributed by atoms with Crippen LogP contribution in [0.4, 0.5) is 24.5 Å². The van der Waals surface area contributed by atoms with E-state index in [9.17, 15) is 23.1 Å². The van der Waals surface area contributed by atoms with E-state index in [1.165, 1.54) is 12.1 Å². The molecule has 2 rings (SSSR count). The van der Waals surface area contributed by atoms with E-state index in [1.54, 1.807) is 0 Å². The Morgan fingerprint density at radius 2 is 2.04 bits per heavy atom. The van der Waals surface area contributed by atoms with Crippen LogP contribution in [-0.2, 0) is 0 Å². The highest BCUT2D eigenvalue weighted by atomic mass is 127. The Balaban J connectivity index is 2.61. The summed E-state index contributed by atoms with van der Waals surface area (Å²) >= 11 is 1.83. The summed E-state index contributed by atoms with van der Waals surface area (Å²) in [6, 6.07) is 4.12. The quantitative estimate of drug-likeness (QED) is 0.452. The molecule has 0 bridgehead atoms. The number of carbonyl (C=O) groups excluding carboxylic acids is 1.